The Hall–Kier alpha value is -0.0800. The molecule has 2 nitrogen and oxygen atoms in total. The van der Waals surface area contributed by atoms with Crippen LogP contribution in [0.15, 0.2) is 0 Å². The summed E-state index contributed by atoms with van der Waals surface area (Å²) < 4.78 is 0. The molecule has 2 atom stereocenters. The summed E-state index contributed by atoms with van der Waals surface area (Å²) in [5, 5.41) is 3.70. The topological polar surface area (TPSA) is 38.0 Å². The molecular weight excluding hydrogens is 184 g/mol. The zero-order chi connectivity index (χ0) is 10.7. The molecule has 2 unspecified atom stereocenters. The first-order valence-corrected chi connectivity index (χ1v) is 6.70. The number of nitrogens with one attached hydrogen (secondary N) is 1. The zero-order valence-corrected chi connectivity index (χ0v) is 10.1. The molecule has 0 aliphatic heterocycles. The maximum atomic E-state index is 6.41. The van der Waals surface area contributed by atoms with E-state index >= 15 is 0 Å². The van der Waals surface area contributed by atoms with Crippen molar-refractivity contribution in [3.05, 3.63) is 0 Å². The largest absolute Gasteiger partial charge is 0.324 e. The molecule has 2 saturated carbocycles. The van der Waals surface area contributed by atoms with Crippen LogP contribution in [-0.4, -0.2) is 18.1 Å². The van der Waals surface area contributed by atoms with E-state index in [4.69, 9.17) is 5.73 Å². The molecule has 0 bridgehead atoms. The lowest BCUT2D eigenvalue weighted by atomic mass is 9.82. The average molecular weight is 210 g/mol. The number of hydrogen-bond acceptors (Lipinski definition) is 2. The van der Waals surface area contributed by atoms with Gasteiger partial charge in [0.2, 0.25) is 0 Å². The summed E-state index contributed by atoms with van der Waals surface area (Å²) in [6.07, 6.45) is 10.6. The summed E-state index contributed by atoms with van der Waals surface area (Å²) in [7, 11) is 0. The first-order chi connectivity index (χ1) is 7.18. The van der Waals surface area contributed by atoms with E-state index in [1.54, 1.807) is 0 Å². The molecule has 0 aromatic rings. The molecule has 15 heavy (non-hydrogen) atoms. The summed E-state index contributed by atoms with van der Waals surface area (Å²) in [4.78, 5) is 0. The van der Waals surface area contributed by atoms with Crippen molar-refractivity contribution < 1.29 is 0 Å². The lowest BCUT2D eigenvalue weighted by Gasteiger charge is -2.34. The number of nitrogens with two attached hydrogens (primary N) is 1. The van der Waals surface area contributed by atoms with Gasteiger partial charge in [0, 0.05) is 18.1 Å². The molecule has 0 aromatic carbocycles. The molecule has 0 heterocycles. The predicted molar refractivity (Wildman–Crippen MR) is 64.8 cm³/mol. The van der Waals surface area contributed by atoms with E-state index in [9.17, 15) is 0 Å². The van der Waals surface area contributed by atoms with Crippen LogP contribution in [0.25, 0.3) is 0 Å². The Morgan fingerprint density at radius 3 is 2.53 bits per heavy atom. The van der Waals surface area contributed by atoms with Crippen molar-refractivity contribution in [3.8, 4) is 0 Å². The molecule has 2 aliphatic carbocycles. The van der Waals surface area contributed by atoms with Crippen molar-refractivity contribution in [2.75, 3.05) is 6.54 Å². The Bertz CT molecular complexity index is 197. The fraction of sp³-hybridized carbons (Fsp3) is 1.00. The van der Waals surface area contributed by atoms with Crippen LogP contribution in [0.5, 0.6) is 0 Å². The van der Waals surface area contributed by atoms with E-state index in [0.717, 1.165) is 18.5 Å². The van der Waals surface area contributed by atoms with Crippen LogP contribution >= 0.6 is 0 Å². The van der Waals surface area contributed by atoms with Gasteiger partial charge in [0.15, 0.2) is 0 Å². The second-order valence-electron chi connectivity index (χ2n) is 5.92. The van der Waals surface area contributed by atoms with Crippen LogP contribution in [0.2, 0.25) is 0 Å². The molecule has 0 aromatic heterocycles. The fourth-order valence-corrected chi connectivity index (χ4v) is 3.17. The number of rotatable bonds is 3. The van der Waals surface area contributed by atoms with Gasteiger partial charge in [-0.2, -0.15) is 0 Å². The maximum absolute atomic E-state index is 6.41. The fourth-order valence-electron chi connectivity index (χ4n) is 3.17. The third-order valence-corrected chi connectivity index (χ3v) is 4.29. The molecule has 0 amide bonds. The van der Waals surface area contributed by atoms with E-state index in [-0.39, 0.29) is 5.54 Å². The van der Waals surface area contributed by atoms with Crippen molar-refractivity contribution in [1.82, 2.24) is 5.32 Å². The van der Waals surface area contributed by atoms with Gasteiger partial charge in [0.25, 0.3) is 0 Å². The molecule has 2 rings (SSSR count). The quantitative estimate of drug-likeness (QED) is 0.751. The van der Waals surface area contributed by atoms with Gasteiger partial charge in [-0.3, -0.25) is 0 Å². The average Bonchev–Trinajstić information content (AvgIpc) is 2.63. The van der Waals surface area contributed by atoms with Crippen molar-refractivity contribution in [3.63, 3.8) is 0 Å². The summed E-state index contributed by atoms with van der Waals surface area (Å²) >= 11 is 0. The van der Waals surface area contributed by atoms with Gasteiger partial charge in [0.05, 0.1) is 0 Å². The monoisotopic (exact) mass is 210 g/mol. The Kier molecular flexibility index (Phi) is 3.68. The first-order valence-electron chi connectivity index (χ1n) is 6.70. The third-order valence-electron chi connectivity index (χ3n) is 4.29. The lowest BCUT2D eigenvalue weighted by molar-refractivity contribution is 0.272. The summed E-state index contributed by atoms with van der Waals surface area (Å²) in [5.74, 6) is 0.919. The Morgan fingerprint density at radius 1 is 1.20 bits per heavy atom. The van der Waals surface area contributed by atoms with Gasteiger partial charge < -0.3 is 11.1 Å². The van der Waals surface area contributed by atoms with Crippen molar-refractivity contribution >= 4 is 0 Å². The minimum absolute atomic E-state index is 0.115. The Morgan fingerprint density at radius 2 is 1.93 bits per heavy atom. The van der Waals surface area contributed by atoms with Crippen LogP contribution in [-0.2, 0) is 0 Å². The molecule has 0 saturated heterocycles. The lowest BCUT2D eigenvalue weighted by Crippen LogP contribution is -2.51. The maximum Gasteiger partial charge on any atom is 0.0280 e. The van der Waals surface area contributed by atoms with Gasteiger partial charge in [-0.05, 0) is 38.0 Å². The highest BCUT2D eigenvalue weighted by Gasteiger charge is 2.29. The van der Waals surface area contributed by atoms with Crippen LogP contribution in [0, 0.1) is 5.92 Å². The van der Waals surface area contributed by atoms with Gasteiger partial charge >= 0.3 is 0 Å². The standard InChI is InChI=1S/C13H26N2/c1-11-5-6-12(9-11)15-10-13(14)7-3-2-4-8-13/h11-12,15H,2-10,14H2,1H3. The SMILES string of the molecule is CC1CCC(NCC2(N)CCCCC2)C1. The van der Waals surface area contributed by atoms with Gasteiger partial charge in [-0.15, -0.1) is 0 Å². The normalized spacial score (nSPS) is 35.6. The highest BCUT2D eigenvalue weighted by molar-refractivity contribution is 4.91. The highest BCUT2D eigenvalue weighted by atomic mass is 15.0. The smallest absolute Gasteiger partial charge is 0.0280 e. The van der Waals surface area contributed by atoms with Gasteiger partial charge in [-0.1, -0.05) is 26.2 Å². The molecule has 2 aliphatic rings. The van der Waals surface area contributed by atoms with Gasteiger partial charge in [0.1, 0.15) is 0 Å². The molecule has 0 radical (unpaired) electrons. The van der Waals surface area contributed by atoms with Crippen molar-refractivity contribution in [2.45, 2.75) is 69.9 Å². The second kappa shape index (κ2) is 4.84. The minimum atomic E-state index is 0.115. The van der Waals surface area contributed by atoms with E-state index in [2.05, 4.69) is 12.2 Å². The Balaban J connectivity index is 1.72. The Labute approximate surface area is 94.0 Å². The summed E-state index contributed by atoms with van der Waals surface area (Å²) in [6, 6.07) is 0.752. The number of hydrogen-bond donors (Lipinski definition) is 2. The molecule has 3 N–H and O–H groups in total. The van der Waals surface area contributed by atoms with Crippen molar-refractivity contribution in [1.29, 1.82) is 0 Å². The first kappa shape index (κ1) is 11.4. The summed E-state index contributed by atoms with van der Waals surface area (Å²) in [5.41, 5.74) is 6.52. The predicted octanol–water partition coefficient (Wildman–Crippen LogP) is 2.43. The van der Waals surface area contributed by atoms with Crippen LogP contribution in [0.1, 0.15) is 58.3 Å². The van der Waals surface area contributed by atoms with E-state index in [1.165, 1.54) is 51.4 Å². The van der Waals surface area contributed by atoms with E-state index < -0.39 is 0 Å². The second-order valence-corrected chi connectivity index (χ2v) is 5.92. The highest BCUT2D eigenvalue weighted by Crippen LogP contribution is 2.28. The zero-order valence-electron chi connectivity index (χ0n) is 10.1. The molecular formula is C13H26N2. The van der Waals surface area contributed by atoms with E-state index in [1.807, 2.05) is 0 Å². The van der Waals surface area contributed by atoms with E-state index in [0.29, 0.717) is 0 Å². The molecule has 2 heteroatoms. The van der Waals surface area contributed by atoms with Crippen LogP contribution < -0.4 is 11.1 Å². The molecule has 88 valence electrons. The van der Waals surface area contributed by atoms with Gasteiger partial charge in [-0.25, -0.2) is 0 Å². The van der Waals surface area contributed by atoms with Crippen LogP contribution in [0.4, 0.5) is 0 Å². The molecule has 2 fully saturated rings. The minimum Gasteiger partial charge on any atom is -0.324 e. The van der Waals surface area contributed by atoms with Crippen molar-refractivity contribution in [2.24, 2.45) is 11.7 Å². The molecule has 0 spiro atoms. The summed E-state index contributed by atoms with van der Waals surface area (Å²) in [6.45, 7) is 3.41. The van der Waals surface area contributed by atoms with Crippen LogP contribution in [0.3, 0.4) is 0 Å². The third kappa shape index (κ3) is 3.18.